The van der Waals surface area contributed by atoms with Gasteiger partial charge in [0, 0.05) is 12.5 Å². The third kappa shape index (κ3) is 3.70. The molecule has 0 fully saturated rings. The second-order valence-electron chi connectivity index (χ2n) is 5.34. The van der Waals surface area contributed by atoms with Gasteiger partial charge in [0.05, 0.1) is 17.9 Å². The lowest BCUT2D eigenvalue weighted by Crippen LogP contribution is -2.29. The lowest BCUT2D eigenvalue weighted by molar-refractivity contribution is 0.407. The highest BCUT2D eigenvalue weighted by Gasteiger charge is 2.25. The molecule has 1 N–H and O–H groups in total. The Morgan fingerprint density at radius 3 is 2.52 bits per heavy atom. The molecule has 2 rings (SSSR count). The van der Waals surface area contributed by atoms with Crippen molar-refractivity contribution in [2.24, 2.45) is 0 Å². The minimum atomic E-state index is 0.254. The van der Waals surface area contributed by atoms with E-state index >= 15 is 0 Å². The monoisotopic (exact) mass is 286 g/mol. The van der Waals surface area contributed by atoms with Crippen molar-refractivity contribution in [2.45, 2.75) is 52.1 Å². The Hall–Kier alpha value is -1.68. The summed E-state index contributed by atoms with van der Waals surface area (Å²) in [4.78, 5) is 0. The van der Waals surface area contributed by atoms with Gasteiger partial charge in [0.25, 0.3) is 0 Å². The zero-order valence-electron chi connectivity index (χ0n) is 13.3. The molecule has 2 aromatic rings. The Bertz CT molecular complexity index is 521. The zero-order chi connectivity index (χ0) is 15.1. The van der Waals surface area contributed by atoms with E-state index in [0.717, 1.165) is 25.9 Å². The van der Waals surface area contributed by atoms with Gasteiger partial charge in [-0.05, 0) is 24.9 Å². The summed E-state index contributed by atoms with van der Waals surface area (Å²) < 4.78 is 2.04. The molecule has 1 heterocycles. The molecule has 0 bridgehead atoms. The van der Waals surface area contributed by atoms with E-state index in [4.69, 9.17) is 0 Å². The van der Waals surface area contributed by atoms with Gasteiger partial charge < -0.3 is 5.32 Å². The van der Waals surface area contributed by atoms with Gasteiger partial charge in [-0.1, -0.05) is 56.3 Å². The highest BCUT2D eigenvalue weighted by molar-refractivity contribution is 5.24. The van der Waals surface area contributed by atoms with Gasteiger partial charge in [0.1, 0.15) is 0 Å². The fraction of sp³-hybridized carbons (Fsp3) is 0.529. The Kier molecular flexibility index (Phi) is 5.93. The third-order valence-corrected chi connectivity index (χ3v) is 3.90. The van der Waals surface area contributed by atoms with Crippen molar-refractivity contribution in [2.75, 3.05) is 6.54 Å². The van der Waals surface area contributed by atoms with Gasteiger partial charge in [-0.25, -0.2) is 4.68 Å². The molecule has 0 spiro atoms. The minimum Gasteiger partial charge on any atom is -0.308 e. The maximum absolute atomic E-state index is 4.25. The van der Waals surface area contributed by atoms with Crippen LogP contribution in [0.1, 0.15) is 56.8 Å². The molecule has 0 aliphatic heterocycles. The molecule has 0 saturated heterocycles. The number of hydrogen-bond donors (Lipinski definition) is 1. The zero-order valence-corrected chi connectivity index (χ0v) is 13.3. The summed E-state index contributed by atoms with van der Waals surface area (Å²) in [6, 6.07) is 11.0. The average Bonchev–Trinajstić information content (AvgIpc) is 2.97. The summed E-state index contributed by atoms with van der Waals surface area (Å²) in [5, 5.41) is 12.0. The summed E-state index contributed by atoms with van der Waals surface area (Å²) in [6.45, 7) is 8.42. The van der Waals surface area contributed by atoms with E-state index in [2.05, 4.69) is 66.7 Å². The van der Waals surface area contributed by atoms with Crippen molar-refractivity contribution in [3.8, 4) is 0 Å². The van der Waals surface area contributed by atoms with Crippen LogP contribution in [0.3, 0.4) is 0 Å². The molecule has 1 aromatic carbocycles. The molecule has 21 heavy (non-hydrogen) atoms. The normalized spacial score (nSPS) is 14.0. The SMILES string of the molecule is CCCn1nncc1C(NCC)C(CC)c1ccccc1. The predicted molar refractivity (Wildman–Crippen MR) is 86.2 cm³/mol. The highest BCUT2D eigenvalue weighted by atomic mass is 15.4. The van der Waals surface area contributed by atoms with Crippen LogP contribution in [-0.2, 0) is 6.54 Å². The Morgan fingerprint density at radius 2 is 1.90 bits per heavy atom. The highest BCUT2D eigenvalue weighted by Crippen LogP contribution is 2.33. The predicted octanol–water partition coefficient (Wildman–Crippen LogP) is 3.53. The molecule has 0 radical (unpaired) electrons. The maximum atomic E-state index is 4.25. The first-order valence-electron chi connectivity index (χ1n) is 7.98. The van der Waals surface area contributed by atoms with Crippen LogP contribution >= 0.6 is 0 Å². The van der Waals surface area contributed by atoms with E-state index < -0.39 is 0 Å². The number of aryl methyl sites for hydroxylation is 1. The molecule has 2 atom stereocenters. The number of hydrogen-bond acceptors (Lipinski definition) is 3. The van der Waals surface area contributed by atoms with E-state index in [1.165, 1.54) is 11.3 Å². The van der Waals surface area contributed by atoms with Crippen LogP contribution in [0.5, 0.6) is 0 Å². The van der Waals surface area contributed by atoms with Gasteiger partial charge >= 0.3 is 0 Å². The third-order valence-electron chi connectivity index (χ3n) is 3.90. The van der Waals surface area contributed by atoms with Gasteiger partial charge in [0.15, 0.2) is 0 Å². The molecule has 2 unspecified atom stereocenters. The van der Waals surface area contributed by atoms with Crippen molar-refractivity contribution in [3.63, 3.8) is 0 Å². The summed E-state index contributed by atoms with van der Waals surface area (Å²) in [5.74, 6) is 0.431. The molecule has 4 nitrogen and oxygen atoms in total. The summed E-state index contributed by atoms with van der Waals surface area (Å²) in [6.07, 6.45) is 4.06. The standard InChI is InChI=1S/C17H26N4/c1-4-12-21-16(13-19-20-21)17(18-6-3)15(5-2)14-10-8-7-9-11-14/h7-11,13,15,17-18H,4-6,12H2,1-3H3. The summed E-state index contributed by atoms with van der Waals surface area (Å²) in [5.41, 5.74) is 2.56. The van der Waals surface area contributed by atoms with E-state index in [9.17, 15) is 0 Å². The van der Waals surface area contributed by atoms with Crippen molar-refractivity contribution in [3.05, 3.63) is 47.8 Å². The molecular weight excluding hydrogens is 260 g/mol. The lowest BCUT2D eigenvalue weighted by Gasteiger charge is -2.27. The number of aromatic nitrogens is 3. The second-order valence-corrected chi connectivity index (χ2v) is 5.34. The lowest BCUT2D eigenvalue weighted by atomic mass is 9.87. The van der Waals surface area contributed by atoms with Crippen molar-refractivity contribution >= 4 is 0 Å². The molecular formula is C17H26N4. The first-order valence-corrected chi connectivity index (χ1v) is 7.98. The fourth-order valence-electron chi connectivity index (χ4n) is 2.93. The van der Waals surface area contributed by atoms with E-state index in [1.807, 2.05) is 10.9 Å². The van der Waals surface area contributed by atoms with Crippen molar-refractivity contribution in [1.82, 2.24) is 20.3 Å². The van der Waals surface area contributed by atoms with Gasteiger partial charge in [-0.3, -0.25) is 0 Å². The fourth-order valence-corrected chi connectivity index (χ4v) is 2.93. The molecule has 114 valence electrons. The van der Waals surface area contributed by atoms with Gasteiger partial charge in [-0.15, -0.1) is 5.10 Å². The van der Waals surface area contributed by atoms with Crippen molar-refractivity contribution in [1.29, 1.82) is 0 Å². The molecule has 1 aromatic heterocycles. The van der Waals surface area contributed by atoms with Crippen LogP contribution in [-0.4, -0.2) is 21.5 Å². The molecule has 4 heteroatoms. The molecule has 0 amide bonds. The Balaban J connectivity index is 2.34. The summed E-state index contributed by atoms with van der Waals surface area (Å²) in [7, 11) is 0. The topological polar surface area (TPSA) is 42.7 Å². The van der Waals surface area contributed by atoms with Crippen LogP contribution in [0.15, 0.2) is 36.5 Å². The largest absolute Gasteiger partial charge is 0.308 e. The van der Waals surface area contributed by atoms with Crippen LogP contribution in [0.4, 0.5) is 0 Å². The number of nitrogens with one attached hydrogen (secondary N) is 1. The Labute approximate surface area is 127 Å². The number of benzene rings is 1. The second kappa shape index (κ2) is 7.93. The van der Waals surface area contributed by atoms with E-state index in [0.29, 0.717) is 5.92 Å². The summed E-state index contributed by atoms with van der Waals surface area (Å²) >= 11 is 0. The first kappa shape index (κ1) is 15.7. The maximum Gasteiger partial charge on any atom is 0.0762 e. The first-order chi connectivity index (χ1) is 10.3. The smallest absolute Gasteiger partial charge is 0.0762 e. The van der Waals surface area contributed by atoms with Crippen LogP contribution < -0.4 is 5.32 Å². The van der Waals surface area contributed by atoms with Crippen molar-refractivity contribution < 1.29 is 0 Å². The van der Waals surface area contributed by atoms with Crippen LogP contribution in [0.2, 0.25) is 0 Å². The van der Waals surface area contributed by atoms with Gasteiger partial charge in [0.2, 0.25) is 0 Å². The molecule has 0 saturated carbocycles. The Morgan fingerprint density at radius 1 is 1.14 bits per heavy atom. The average molecular weight is 286 g/mol. The van der Waals surface area contributed by atoms with E-state index in [-0.39, 0.29) is 6.04 Å². The number of likely N-dealkylation sites (N-methyl/N-ethyl adjacent to an activating group) is 1. The quantitative estimate of drug-likeness (QED) is 0.807. The van der Waals surface area contributed by atoms with Gasteiger partial charge in [-0.2, -0.15) is 0 Å². The minimum absolute atomic E-state index is 0.254. The van der Waals surface area contributed by atoms with Crippen LogP contribution in [0, 0.1) is 0 Å². The number of rotatable bonds is 8. The molecule has 0 aliphatic carbocycles. The van der Waals surface area contributed by atoms with Crippen LogP contribution in [0.25, 0.3) is 0 Å². The molecule has 0 aliphatic rings. The van der Waals surface area contributed by atoms with E-state index in [1.54, 1.807) is 0 Å². The number of nitrogens with zero attached hydrogens (tertiary/aromatic N) is 3.